The van der Waals surface area contributed by atoms with E-state index >= 15 is 0 Å². The summed E-state index contributed by atoms with van der Waals surface area (Å²) in [6.45, 7) is 2.46. The van der Waals surface area contributed by atoms with Gasteiger partial charge in [-0.05, 0) is 24.6 Å². The highest BCUT2D eigenvalue weighted by atomic mass is 32.1. The largest absolute Gasteiger partial charge is 0.373 e. The molecular weight excluding hydrogens is 334 g/mol. The number of carbonyl (C=O) groups is 1. The summed E-state index contributed by atoms with van der Waals surface area (Å²) < 4.78 is 0. The third-order valence-electron chi connectivity index (χ3n) is 4.08. The highest BCUT2D eigenvalue weighted by Gasteiger charge is 2.26. The molecule has 0 fully saturated rings. The molecule has 0 aliphatic carbocycles. The number of aryl methyl sites for hydroxylation is 1. The predicted octanol–water partition coefficient (Wildman–Crippen LogP) is 2.56. The molecule has 1 unspecified atom stereocenters. The lowest BCUT2D eigenvalue weighted by molar-refractivity contribution is -0.121. The summed E-state index contributed by atoms with van der Waals surface area (Å²) in [5, 5.41) is 8.91. The number of anilines is 1. The molecule has 1 aromatic carbocycles. The van der Waals surface area contributed by atoms with Crippen molar-refractivity contribution in [2.24, 2.45) is 0 Å². The van der Waals surface area contributed by atoms with Gasteiger partial charge < -0.3 is 10.6 Å². The van der Waals surface area contributed by atoms with Gasteiger partial charge in [0.05, 0.1) is 12.2 Å². The molecule has 2 N–H and O–H groups in total. The van der Waals surface area contributed by atoms with Gasteiger partial charge in [0.25, 0.3) is 0 Å². The number of hydrogen-bond acceptors (Lipinski definition) is 6. The van der Waals surface area contributed by atoms with Crippen molar-refractivity contribution in [3.8, 4) is 10.8 Å². The van der Waals surface area contributed by atoms with Gasteiger partial charge in [-0.1, -0.05) is 17.7 Å². The zero-order valence-electron chi connectivity index (χ0n) is 13.7. The second-order valence-corrected chi connectivity index (χ2v) is 6.85. The van der Waals surface area contributed by atoms with Crippen LogP contribution in [-0.2, 0) is 17.8 Å². The number of rotatable bonds is 4. The lowest BCUT2D eigenvalue weighted by Crippen LogP contribution is -2.38. The Morgan fingerprint density at radius 1 is 1.36 bits per heavy atom. The molecule has 1 amide bonds. The van der Waals surface area contributed by atoms with Crippen LogP contribution in [0.4, 0.5) is 5.69 Å². The number of fused-ring (bicyclic) bond motifs is 1. The minimum atomic E-state index is -0.229. The van der Waals surface area contributed by atoms with Crippen molar-refractivity contribution in [3.05, 3.63) is 58.9 Å². The number of hydrogen-bond donors (Lipinski definition) is 2. The highest BCUT2D eigenvalue weighted by Crippen LogP contribution is 2.26. The van der Waals surface area contributed by atoms with E-state index in [-0.39, 0.29) is 11.9 Å². The average molecular weight is 351 g/mol. The molecule has 0 radical (unpaired) electrons. The molecular formula is C18H17N5OS. The Kier molecular flexibility index (Phi) is 4.15. The van der Waals surface area contributed by atoms with E-state index in [1.807, 2.05) is 11.4 Å². The van der Waals surface area contributed by atoms with Gasteiger partial charge in [-0.25, -0.2) is 15.0 Å². The van der Waals surface area contributed by atoms with E-state index in [9.17, 15) is 4.79 Å². The summed E-state index contributed by atoms with van der Waals surface area (Å²) >= 11 is 1.47. The van der Waals surface area contributed by atoms with Crippen LogP contribution in [0.2, 0.25) is 0 Å². The normalized spacial score (nSPS) is 15.5. The molecule has 0 saturated carbocycles. The summed E-state index contributed by atoms with van der Waals surface area (Å²) in [5.74, 6) is 0.590. The van der Waals surface area contributed by atoms with Crippen LogP contribution < -0.4 is 10.6 Å². The van der Waals surface area contributed by atoms with E-state index in [0.29, 0.717) is 18.8 Å². The van der Waals surface area contributed by atoms with Crippen LogP contribution in [0.25, 0.3) is 10.8 Å². The van der Waals surface area contributed by atoms with Gasteiger partial charge in [-0.3, -0.25) is 4.79 Å². The van der Waals surface area contributed by atoms with E-state index < -0.39 is 0 Å². The molecule has 3 heterocycles. The van der Waals surface area contributed by atoms with Crippen molar-refractivity contribution >= 4 is 22.9 Å². The van der Waals surface area contributed by atoms with Gasteiger partial charge in [-0.15, -0.1) is 11.3 Å². The third kappa shape index (κ3) is 3.36. The monoisotopic (exact) mass is 351 g/mol. The molecule has 2 aromatic heterocycles. The summed E-state index contributed by atoms with van der Waals surface area (Å²) in [7, 11) is 0. The minimum Gasteiger partial charge on any atom is -0.373 e. The topological polar surface area (TPSA) is 79.8 Å². The average Bonchev–Trinajstić information content (AvgIpc) is 3.27. The Labute approximate surface area is 149 Å². The van der Waals surface area contributed by atoms with Crippen molar-refractivity contribution in [1.82, 2.24) is 20.3 Å². The van der Waals surface area contributed by atoms with Crippen LogP contribution >= 0.6 is 11.3 Å². The van der Waals surface area contributed by atoms with Gasteiger partial charge in [0.1, 0.15) is 6.04 Å². The second-order valence-electron chi connectivity index (χ2n) is 6.00. The Morgan fingerprint density at radius 2 is 2.20 bits per heavy atom. The fraction of sp³-hybridized carbons (Fsp3) is 0.222. The van der Waals surface area contributed by atoms with Crippen molar-refractivity contribution in [1.29, 1.82) is 0 Å². The lowest BCUT2D eigenvalue weighted by atomic mass is 10.1. The first-order chi connectivity index (χ1) is 12.2. The van der Waals surface area contributed by atoms with Crippen molar-refractivity contribution in [2.75, 3.05) is 5.32 Å². The molecule has 1 atom stereocenters. The van der Waals surface area contributed by atoms with Crippen LogP contribution in [-0.4, -0.2) is 26.9 Å². The van der Waals surface area contributed by atoms with E-state index in [1.54, 1.807) is 18.5 Å². The third-order valence-corrected chi connectivity index (χ3v) is 4.97. The van der Waals surface area contributed by atoms with Crippen LogP contribution in [0.1, 0.15) is 16.8 Å². The molecule has 3 aromatic rings. The molecule has 0 spiro atoms. The maximum absolute atomic E-state index is 12.4. The Bertz CT molecular complexity index is 909. The van der Waals surface area contributed by atoms with Crippen LogP contribution in [0.5, 0.6) is 0 Å². The zero-order chi connectivity index (χ0) is 17.2. The molecule has 126 valence electrons. The Morgan fingerprint density at radius 3 is 3.04 bits per heavy atom. The maximum atomic E-state index is 12.4. The first-order valence-corrected chi connectivity index (χ1v) is 8.92. The lowest BCUT2D eigenvalue weighted by Gasteiger charge is -2.11. The number of thiazole rings is 1. The van der Waals surface area contributed by atoms with Crippen molar-refractivity contribution in [2.45, 2.75) is 25.9 Å². The van der Waals surface area contributed by atoms with E-state index in [4.69, 9.17) is 0 Å². The van der Waals surface area contributed by atoms with Gasteiger partial charge >= 0.3 is 0 Å². The van der Waals surface area contributed by atoms with Crippen LogP contribution in [0, 0.1) is 6.92 Å². The summed E-state index contributed by atoms with van der Waals surface area (Å²) in [6, 6.07) is 7.75. The molecule has 0 saturated heterocycles. The maximum Gasteiger partial charge on any atom is 0.243 e. The predicted molar refractivity (Wildman–Crippen MR) is 97.3 cm³/mol. The van der Waals surface area contributed by atoms with Gasteiger partial charge in [0, 0.05) is 29.9 Å². The molecule has 7 heteroatoms. The van der Waals surface area contributed by atoms with Crippen molar-refractivity contribution in [3.63, 3.8) is 0 Å². The number of benzene rings is 1. The SMILES string of the molecule is Cc1ccc2c(c1)CC(C(=O)NCc1csc(-c3ncccn3)n1)N2. The number of nitrogens with zero attached hydrogens (tertiary/aromatic N) is 3. The van der Waals surface area contributed by atoms with E-state index in [2.05, 4.69) is 44.6 Å². The van der Waals surface area contributed by atoms with Gasteiger partial charge in [-0.2, -0.15) is 0 Å². The quantitative estimate of drug-likeness (QED) is 0.755. The van der Waals surface area contributed by atoms with Gasteiger partial charge in [0.2, 0.25) is 5.91 Å². The summed E-state index contributed by atoms with van der Waals surface area (Å²) in [5.41, 5.74) is 4.26. The fourth-order valence-corrected chi connectivity index (χ4v) is 3.61. The molecule has 6 nitrogen and oxygen atoms in total. The fourth-order valence-electron chi connectivity index (χ4n) is 2.85. The standard InChI is InChI=1S/C18H17N5OS/c1-11-3-4-14-12(7-11)8-15(23-14)17(24)21-9-13-10-25-18(22-13)16-19-5-2-6-20-16/h2-7,10,15,23H,8-9H2,1H3,(H,21,24). The number of nitrogens with one attached hydrogen (secondary N) is 2. The molecule has 25 heavy (non-hydrogen) atoms. The Balaban J connectivity index is 1.36. The first kappa shape index (κ1) is 15.7. The summed E-state index contributed by atoms with van der Waals surface area (Å²) in [6.07, 6.45) is 4.09. The first-order valence-electron chi connectivity index (χ1n) is 8.04. The van der Waals surface area contributed by atoms with E-state index in [1.165, 1.54) is 22.5 Å². The number of aromatic nitrogens is 3. The number of carbonyl (C=O) groups excluding carboxylic acids is 1. The van der Waals surface area contributed by atoms with Crippen LogP contribution in [0.15, 0.2) is 42.0 Å². The van der Waals surface area contributed by atoms with Crippen molar-refractivity contribution < 1.29 is 4.79 Å². The molecule has 1 aliphatic rings. The highest BCUT2D eigenvalue weighted by molar-refractivity contribution is 7.13. The van der Waals surface area contributed by atoms with E-state index in [0.717, 1.165) is 16.4 Å². The molecule has 1 aliphatic heterocycles. The summed E-state index contributed by atoms with van der Waals surface area (Å²) in [4.78, 5) is 25.3. The van der Waals surface area contributed by atoms with Gasteiger partial charge in [0.15, 0.2) is 10.8 Å². The molecule has 0 bridgehead atoms. The number of amides is 1. The smallest absolute Gasteiger partial charge is 0.243 e. The molecule has 4 rings (SSSR count). The Hall–Kier alpha value is -2.80. The van der Waals surface area contributed by atoms with Crippen LogP contribution in [0.3, 0.4) is 0 Å². The minimum absolute atomic E-state index is 0.0145. The zero-order valence-corrected chi connectivity index (χ0v) is 14.5. The second kappa shape index (κ2) is 6.60.